The van der Waals surface area contributed by atoms with E-state index in [1.807, 2.05) is 6.07 Å². The number of nitrogens with zero attached hydrogens (tertiary/aromatic N) is 2. The molecule has 2 aromatic rings. The molecule has 2 atom stereocenters. The maximum absolute atomic E-state index is 13.4. The lowest BCUT2D eigenvalue weighted by Crippen LogP contribution is -2.37. The van der Waals surface area contributed by atoms with E-state index >= 15 is 0 Å². The van der Waals surface area contributed by atoms with Crippen molar-refractivity contribution in [1.29, 1.82) is 0 Å². The number of likely N-dealkylation sites (tertiary alicyclic amines) is 1. The van der Waals surface area contributed by atoms with Gasteiger partial charge < -0.3 is 10.0 Å². The van der Waals surface area contributed by atoms with Crippen LogP contribution in [0, 0.1) is 0 Å². The lowest BCUT2D eigenvalue weighted by atomic mass is 10.1. The predicted octanol–water partition coefficient (Wildman–Crippen LogP) is 1.78. The van der Waals surface area contributed by atoms with E-state index in [1.54, 1.807) is 30.5 Å². The molecule has 1 aliphatic rings. The van der Waals surface area contributed by atoms with Gasteiger partial charge in [0.25, 0.3) is 5.91 Å². The zero-order valence-corrected chi connectivity index (χ0v) is 10.9. The number of alkyl halides is 1. The number of carbonyl (C=O) groups is 1. The van der Waals surface area contributed by atoms with Gasteiger partial charge in [0.15, 0.2) is 0 Å². The fraction of sp³-hybridized carbons (Fsp3) is 0.333. The van der Waals surface area contributed by atoms with Crippen molar-refractivity contribution in [2.24, 2.45) is 0 Å². The molecule has 104 valence electrons. The minimum absolute atomic E-state index is 0.0507. The molecule has 0 unspecified atom stereocenters. The smallest absolute Gasteiger partial charge is 0.254 e. The average Bonchev–Trinajstić information content (AvgIpc) is 2.87. The first-order valence-corrected chi connectivity index (χ1v) is 6.59. The van der Waals surface area contributed by atoms with E-state index in [9.17, 15) is 14.3 Å². The van der Waals surface area contributed by atoms with Crippen LogP contribution in [0.25, 0.3) is 10.9 Å². The number of hydrogen-bond donors (Lipinski definition) is 1. The second-order valence-electron chi connectivity index (χ2n) is 5.04. The molecule has 1 N–H and O–H groups in total. The molecule has 3 rings (SSSR count). The topological polar surface area (TPSA) is 53.4 Å². The highest BCUT2D eigenvalue weighted by atomic mass is 19.1. The van der Waals surface area contributed by atoms with Gasteiger partial charge in [-0.15, -0.1) is 0 Å². The predicted molar refractivity (Wildman–Crippen MR) is 73.2 cm³/mol. The number of pyridine rings is 1. The summed E-state index contributed by atoms with van der Waals surface area (Å²) in [5.41, 5.74) is 1.31. The fourth-order valence-electron chi connectivity index (χ4n) is 2.66. The lowest BCUT2D eigenvalue weighted by Gasteiger charge is -2.22. The minimum atomic E-state index is -1.06. The molecular formula is C15H15FN2O2. The lowest BCUT2D eigenvalue weighted by molar-refractivity contribution is 0.0673. The van der Waals surface area contributed by atoms with Crippen molar-refractivity contribution in [3.8, 4) is 0 Å². The van der Waals surface area contributed by atoms with Gasteiger partial charge in [0.05, 0.1) is 24.7 Å². The van der Waals surface area contributed by atoms with Crippen LogP contribution in [0.3, 0.4) is 0 Å². The van der Waals surface area contributed by atoms with Crippen LogP contribution in [0.2, 0.25) is 0 Å². The Morgan fingerprint density at radius 1 is 1.45 bits per heavy atom. The zero-order valence-electron chi connectivity index (χ0n) is 10.9. The summed E-state index contributed by atoms with van der Waals surface area (Å²) in [5.74, 6) is -0.241. The van der Waals surface area contributed by atoms with E-state index in [2.05, 4.69) is 4.98 Å². The van der Waals surface area contributed by atoms with E-state index in [4.69, 9.17) is 0 Å². The van der Waals surface area contributed by atoms with Crippen molar-refractivity contribution in [2.75, 3.05) is 13.2 Å². The van der Waals surface area contributed by atoms with Gasteiger partial charge >= 0.3 is 0 Å². The molecule has 0 spiro atoms. The Kier molecular flexibility index (Phi) is 3.36. The summed E-state index contributed by atoms with van der Waals surface area (Å²) in [5, 5.41) is 10.1. The number of fused-ring (bicyclic) bond motifs is 1. The van der Waals surface area contributed by atoms with Gasteiger partial charge in [-0.2, -0.15) is 0 Å². The normalized spacial score (nSPS) is 22.4. The molecule has 20 heavy (non-hydrogen) atoms. The van der Waals surface area contributed by atoms with Crippen LogP contribution in [0.15, 0.2) is 36.5 Å². The molecule has 1 aromatic carbocycles. The Bertz CT molecular complexity index is 647. The molecule has 0 bridgehead atoms. The monoisotopic (exact) mass is 274 g/mol. The van der Waals surface area contributed by atoms with Gasteiger partial charge in [0.1, 0.15) is 6.17 Å². The number of benzene rings is 1. The fourth-order valence-corrected chi connectivity index (χ4v) is 2.66. The van der Waals surface area contributed by atoms with Crippen LogP contribution >= 0.6 is 0 Å². The van der Waals surface area contributed by atoms with E-state index in [0.717, 1.165) is 10.9 Å². The SMILES string of the molecule is O=C(c1ccc2ncccc2c1)N1C[C@@H](F)C[C@H]1CO. The first-order valence-electron chi connectivity index (χ1n) is 6.59. The number of amides is 1. The Hall–Kier alpha value is -2.01. The molecule has 4 nitrogen and oxygen atoms in total. The second kappa shape index (κ2) is 5.17. The molecule has 1 amide bonds. The molecule has 5 heteroatoms. The van der Waals surface area contributed by atoms with Crippen molar-refractivity contribution < 1.29 is 14.3 Å². The van der Waals surface area contributed by atoms with E-state index < -0.39 is 12.2 Å². The summed E-state index contributed by atoms with van der Waals surface area (Å²) in [6, 6.07) is 8.48. The maximum atomic E-state index is 13.4. The van der Waals surface area contributed by atoms with Crippen molar-refractivity contribution in [3.63, 3.8) is 0 Å². The van der Waals surface area contributed by atoms with Gasteiger partial charge in [-0.1, -0.05) is 6.07 Å². The summed E-state index contributed by atoms with van der Waals surface area (Å²) in [6.45, 7) is -0.156. The van der Waals surface area contributed by atoms with E-state index in [1.165, 1.54) is 4.90 Å². The third-order valence-electron chi connectivity index (χ3n) is 3.68. The number of aliphatic hydroxyl groups excluding tert-OH is 1. The molecule has 0 radical (unpaired) electrons. The number of halogens is 1. The summed E-state index contributed by atoms with van der Waals surface area (Å²) in [4.78, 5) is 18.0. The number of rotatable bonds is 2. The molecule has 1 saturated heterocycles. The van der Waals surface area contributed by atoms with Crippen LogP contribution in [-0.4, -0.2) is 46.3 Å². The van der Waals surface area contributed by atoms with E-state index in [-0.39, 0.29) is 25.5 Å². The van der Waals surface area contributed by atoms with Crippen LogP contribution < -0.4 is 0 Å². The maximum Gasteiger partial charge on any atom is 0.254 e. The highest BCUT2D eigenvalue weighted by Crippen LogP contribution is 2.23. The largest absolute Gasteiger partial charge is 0.394 e. The summed E-state index contributed by atoms with van der Waals surface area (Å²) >= 11 is 0. The molecular weight excluding hydrogens is 259 g/mol. The standard InChI is InChI=1S/C15H15FN2O2/c16-12-7-13(9-19)18(8-12)15(20)11-3-4-14-10(6-11)2-1-5-17-14/h1-6,12-13,19H,7-9H2/t12-,13-/m0/s1. The van der Waals surface area contributed by atoms with Crippen LogP contribution in [-0.2, 0) is 0 Å². The van der Waals surface area contributed by atoms with Crippen molar-refractivity contribution >= 4 is 16.8 Å². The number of hydrogen-bond acceptors (Lipinski definition) is 3. The van der Waals surface area contributed by atoms with Gasteiger partial charge in [0, 0.05) is 23.6 Å². The Morgan fingerprint density at radius 3 is 3.10 bits per heavy atom. The third kappa shape index (κ3) is 2.25. The first-order chi connectivity index (χ1) is 9.69. The summed E-state index contributed by atoms with van der Waals surface area (Å²) in [7, 11) is 0. The van der Waals surface area contributed by atoms with Crippen LogP contribution in [0.1, 0.15) is 16.8 Å². The Morgan fingerprint density at radius 2 is 2.30 bits per heavy atom. The summed E-state index contributed by atoms with van der Waals surface area (Å²) in [6.07, 6.45) is 0.843. The molecule has 2 heterocycles. The van der Waals surface area contributed by atoms with Gasteiger partial charge in [-0.3, -0.25) is 9.78 Å². The van der Waals surface area contributed by atoms with Crippen molar-refractivity contribution in [3.05, 3.63) is 42.1 Å². The van der Waals surface area contributed by atoms with Gasteiger partial charge in [-0.25, -0.2) is 4.39 Å². The van der Waals surface area contributed by atoms with Crippen LogP contribution in [0.4, 0.5) is 4.39 Å². The Balaban J connectivity index is 1.92. The van der Waals surface area contributed by atoms with Crippen molar-refractivity contribution in [1.82, 2.24) is 9.88 Å². The first kappa shape index (κ1) is 13.0. The highest BCUT2D eigenvalue weighted by molar-refractivity contribution is 5.98. The van der Waals surface area contributed by atoms with E-state index in [0.29, 0.717) is 5.56 Å². The molecule has 0 saturated carbocycles. The zero-order chi connectivity index (χ0) is 14.1. The number of carbonyl (C=O) groups excluding carboxylic acids is 1. The average molecular weight is 274 g/mol. The summed E-state index contributed by atoms with van der Waals surface area (Å²) < 4.78 is 13.4. The molecule has 1 aliphatic heterocycles. The number of aliphatic hydroxyl groups is 1. The molecule has 0 aliphatic carbocycles. The second-order valence-corrected chi connectivity index (χ2v) is 5.04. The third-order valence-corrected chi connectivity index (χ3v) is 3.68. The quantitative estimate of drug-likeness (QED) is 0.908. The highest BCUT2D eigenvalue weighted by Gasteiger charge is 2.35. The Labute approximate surface area is 115 Å². The van der Waals surface area contributed by atoms with Crippen molar-refractivity contribution in [2.45, 2.75) is 18.6 Å². The molecule has 1 fully saturated rings. The molecule has 1 aromatic heterocycles. The number of aromatic nitrogens is 1. The van der Waals surface area contributed by atoms with Gasteiger partial charge in [-0.05, 0) is 24.3 Å². The van der Waals surface area contributed by atoms with Crippen LogP contribution in [0.5, 0.6) is 0 Å². The van der Waals surface area contributed by atoms with Gasteiger partial charge in [0.2, 0.25) is 0 Å². The minimum Gasteiger partial charge on any atom is -0.394 e.